The average Bonchev–Trinajstić information content (AvgIpc) is 2.33. The summed E-state index contributed by atoms with van der Waals surface area (Å²) in [6.07, 6.45) is 0.957. The molecule has 3 nitrogen and oxygen atoms in total. The van der Waals surface area contributed by atoms with Gasteiger partial charge >= 0.3 is 0 Å². The van der Waals surface area contributed by atoms with E-state index < -0.39 is 0 Å². The molecule has 1 fully saturated rings. The first-order chi connectivity index (χ1) is 7.72. The molecule has 2 heterocycles. The lowest BCUT2D eigenvalue weighted by atomic mass is 10.3. The molecule has 1 unspecified atom stereocenters. The normalized spacial score (nSPS) is 21.0. The molecule has 1 aliphatic heterocycles. The van der Waals surface area contributed by atoms with Crippen LogP contribution in [0, 0.1) is 4.64 Å². The Morgan fingerprint density at radius 2 is 2.50 bits per heavy atom. The molecule has 88 valence electrons. The van der Waals surface area contributed by atoms with Crippen molar-refractivity contribution in [3.05, 3.63) is 20.6 Å². The molecule has 0 saturated carbocycles. The monoisotopic (exact) mass is 320 g/mol. The van der Waals surface area contributed by atoms with Crippen molar-refractivity contribution in [3.8, 4) is 0 Å². The first kappa shape index (κ1) is 12.5. The average molecular weight is 321 g/mol. The number of nitrogens with one attached hydrogen (secondary N) is 1. The maximum Gasteiger partial charge on any atom is 0.144 e. The molecular formula is C10H13BrN2OS2. The Morgan fingerprint density at radius 3 is 3.12 bits per heavy atom. The Balaban J connectivity index is 2.33. The largest absolute Gasteiger partial charge is 0.369 e. The van der Waals surface area contributed by atoms with Gasteiger partial charge in [-0.2, -0.15) is 11.8 Å². The molecule has 1 saturated heterocycles. The van der Waals surface area contributed by atoms with Crippen molar-refractivity contribution in [1.82, 2.24) is 9.97 Å². The lowest BCUT2D eigenvalue weighted by Gasteiger charge is -2.22. The SMILES string of the molecule is CCc1[nH]c(C2CSCCO2)nc(=S)c1Br. The maximum atomic E-state index is 5.68. The smallest absolute Gasteiger partial charge is 0.144 e. The van der Waals surface area contributed by atoms with Crippen molar-refractivity contribution >= 4 is 39.9 Å². The number of thioether (sulfide) groups is 1. The first-order valence-corrected chi connectivity index (χ1v) is 7.56. The van der Waals surface area contributed by atoms with Crippen LogP contribution in [0.2, 0.25) is 0 Å². The van der Waals surface area contributed by atoms with Crippen molar-refractivity contribution in [1.29, 1.82) is 0 Å². The molecule has 1 atom stereocenters. The second kappa shape index (κ2) is 5.62. The number of hydrogen-bond acceptors (Lipinski definition) is 4. The van der Waals surface area contributed by atoms with Gasteiger partial charge in [0.1, 0.15) is 16.6 Å². The first-order valence-electron chi connectivity index (χ1n) is 5.20. The van der Waals surface area contributed by atoms with Crippen LogP contribution in [0.5, 0.6) is 0 Å². The van der Waals surface area contributed by atoms with Crippen molar-refractivity contribution in [2.75, 3.05) is 18.1 Å². The van der Waals surface area contributed by atoms with Gasteiger partial charge < -0.3 is 9.72 Å². The molecule has 0 amide bonds. The number of H-pyrrole nitrogens is 1. The van der Waals surface area contributed by atoms with Crippen LogP contribution in [0.3, 0.4) is 0 Å². The van der Waals surface area contributed by atoms with Gasteiger partial charge in [0.25, 0.3) is 0 Å². The minimum Gasteiger partial charge on any atom is -0.369 e. The van der Waals surface area contributed by atoms with Crippen LogP contribution in [0.15, 0.2) is 4.47 Å². The lowest BCUT2D eigenvalue weighted by Crippen LogP contribution is -2.19. The van der Waals surface area contributed by atoms with Crippen molar-refractivity contribution < 1.29 is 4.74 Å². The summed E-state index contributed by atoms with van der Waals surface area (Å²) in [5, 5.41) is 0. The van der Waals surface area contributed by atoms with Gasteiger partial charge in [-0.05, 0) is 22.4 Å². The predicted molar refractivity (Wildman–Crippen MR) is 72.5 cm³/mol. The zero-order valence-corrected chi connectivity index (χ0v) is 12.2. The zero-order chi connectivity index (χ0) is 11.5. The van der Waals surface area contributed by atoms with E-state index in [0.717, 1.165) is 40.5 Å². The van der Waals surface area contributed by atoms with E-state index in [2.05, 4.69) is 32.8 Å². The molecule has 2 rings (SSSR count). The molecule has 0 radical (unpaired) electrons. The molecule has 1 N–H and O–H groups in total. The molecule has 0 aromatic carbocycles. The van der Waals surface area contributed by atoms with Crippen LogP contribution in [0.1, 0.15) is 24.5 Å². The summed E-state index contributed by atoms with van der Waals surface area (Å²) >= 11 is 10.6. The highest BCUT2D eigenvalue weighted by atomic mass is 79.9. The van der Waals surface area contributed by atoms with E-state index in [-0.39, 0.29) is 6.10 Å². The van der Waals surface area contributed by atoms with Crippen LogP contribution < -0.4 is 0 Å². The second-order valence-electron chi connectivity index (χ2n) is 3.51. The van der Waals surface area contributed by atoms with Crippen molar-refractivity contribution in [2.45, 2.75) is 19.4 Å². The predicted octanol–water partition coefficient (Wildman–Crippen LogP) is 3.27. The van der Waals surface area contributed by atoms with E-state index in [1.54, 1.807) is 0 Å². The molecule has 0 aliphatic carbocycles. The summed E-state index contributed by atoms with van der Waals surface area (Å²) in [6, 6.07) is 0. The number of rotatable bonds is 2. The van der Waals surface area contributed by atoms with Crippen LogP contribution in [-0.4, -0.2) is 28.1 Å². The van der Waals surface area contributed by atoms with Gasteiger partial charge in [-0.15, -0.1) is 0 Å². The Bertz CT molecular complexity index is 429. The van der Waals surface area contributed by atoms with E-state index in [4.69, 9.17) is 17.0 Å². The summed E-state index contributed by atoms with van der Waals surface area (Å²) in [6.45, 7) is 2.88. The molecule has 1 aromatic heterocycles. The van der Waals surface area contributed by atoms with Crippen molar-refractivity contribution in [3.63, 3.8) is 0 Å². The van der Waals surface area contributed by atoms with Gasteiger partial charge in [0, 0.05) is 17.2 Å². The third kappa shape index (κ3) is 2.67. The molecular weight excluding hydrogens is 308 g/mol. The Kier molecular flexibility index (Phi) is 4.41. The van der Waals surface area contributed by atoms with Gasteiger partial charge in [0.2, 0.25) is 0 Å². The highest BCUT2D eigenvalue weighted by Gasteiger charge is 2.19. The number of hydrogen-bond donors (Lipinski definition) is 1. The number of aromatic amines is 1. The van der Waals surface area contributed by atoms with E-state index in [0.29, 0.717) is 4.64 Å². The van der Waals surface area contributed by atoms with Gasteiger partial charge in [0.15, 0.2) is 0 Å². The van der Waals surface area contributed by atoms with E-state index >= 15 is 0 Å². The molecule has 0 spiro atoms. The minimum absolute atomic E-state index is 0.0545. The number of ether oxygens (including phenoxy) is 1. The summed E-state index contributed by atoms with van der Waals surface area (Å²) < 4.78 is 7.20. The fourth-order valence-electron chi connectivity index (χ4n) is 1.57. The Labute approximate surface area is 113 Å². The number of aromatic nitrogens is 2. The summed E-state index contributed by atoms with van der Waals surface area (Å²) in [5.41, 5.74) is 1.09. The van der Waals surface area contributed by atoms with Crippen LogP contribution in [0.25, 0.3) is 0 Å². The van der Waals surface area contributed by atoms with Crippen LogP contribution in [0.4, 0.5) is 0 Å². The molecule has 0 bridgehead atoms. The van der Waals surface area contributed by atoms with E-state index in [9.17, 15) is 0 Å². The summed E-state index contributed by atoms with van der Waals surface area (Å²) in [7, 11) is 0. The number of halogens is 1. The molecule has 1 aliphatic rings. The molecule has 1 aromatic rings. The Hall–Kier alpha value is 0.0900. The highest BCUT2D eigenvalue weighted by Crippen LogP contribution is 2.26. The number of nitrogens with zero attached hydrogens (tertiary/aromatic N) is 1. The highest BCUT2D eigenvalue weighted by molar-refractivity contribution is 9.10. The van der Waals surface area contributed by atoms with Gasteiger partial charge in [-0.25, -0.2) is 4.98 Å². The second-order valence-corrected chi connectivity index (χ2v) is 5.84. The van der Waals surface area contributed by atoms with Crippen molar-refractivity contribution in [2.24, 2.45) is 0 Å². The summed E-state index contributed by atoms with van der Waals surface area (Å²) in [4.78, 5) is 7.69. The fraction of sp³-hybridized carbons (Fsp3) is 0.600. The van der Waals surface area contributed by atoms with E-state index in [1.165, 1.54) is 0 Å². The van der Waals surface area contributed by atoms with Gasteiger partial charge in [0.05, 0.1) is 11.1 Å². The fourth-order valence-corrected chi connectivity index (χ4v) is 3.11. The zero-order valence-electron chi connectivity index (χ0n) is 8.96. The lowest BCUT2D eigenvalue weighted by molar-refractivity contribution is 0.0691. The van der Waals surface area contributed by atoms with Crippen LogP contribution in [-0.2, 0) is 11.2 Å². The Morgan fingerprint density at radius 1 is 1.69 bits per heavy atom. The molecule has 16 heavy (non-hydrogen) atoms. The van der Waals surface area contributed by atoms with Crippen LogP contribution >= 0.6 is 39.9 Å². The van der Waals surface area contributed by atoms with Gasteiger partial charge in [-0.1, -0.05) is 19.1 Å². The maximum absolute atomic E-state index is 5.68. The van der Waals surface area contributed by atoms with Gasteiger partial charge in [-0.3, -0.25) is 0 Å². The third-order valence-electron chi connectivity index (χ3n) is 2.43. The topological polar surface area (TPSA) is 37.9 Å². The third-order valence-corrected chi connectivity index (χ3v) is 4.83. The number of aryl methyl sites for hydroxylation is 1. The quantitative estimate of drug-likeness (QED) is 0.849. The molecule has 6 heteroatoms. The standard InChI is InChI=1S/C10H13BrN2OS2/c1-2-6-8(11)10(15)13-9(12-6)7-5-16-4-3-14-7/h7H,2-5H2,1H3,(H,12,13,15). The van der Waals surface area contributed by atoms with E-state index in [1.807, 2.05) is 11.8 Å². The minimum atomic E-state index is 0.0545. The summed E-state index contributed by atoms with van der Waals surface area (Å²) in [5.74, 6) is 2.87.